The summed E-state index contributed by atoms with van der Waals surface area (Å²) in [4.78, 5) is 10.5. The molecule has 1 rings (SSSR count). The molecule has 0 aliphatic rings. The van der Waals surface area contributed by atoms with Crippen LogP contribution in [-0.4, -0.2) is 6.41 Å². The Bertz CT molecular complexity index is 287. The lowest BCUT2D eigenvalue weighted by molar-refractivity contribution is -0.110. The van der Waals surface area contributed by atoms with Gasteiger partial charge in [-0.15, -0.1) is 0 Å². The van der Waals surface area contributed by atoms with E-state index in [2.05, 4.69) is 26.1 Å². The van der Waals surface area contributed by atoms with Crippen molar-refractivity contribution in [2.75, 3.05) is 0 Å². The molecule has 14 heavy (non-hydrogen) atoms. The van der Waals surface area contributed by atoms with Crippen molar-refractivity contribution in [2.24, 2.45) is 5.41 Å². The number of carbonyl (C=O) groups is 1. The maximum Gasteiger partial charge on any atom is 0.207 e. The number of rotatable bonds is 3. The second kappa shape index (κ2) is 4.27. The summed E-state index contributed by atoms with van der Waals surface area (Å²) in [5, 5.41) is 2.86. The molecular weight excluding hydrogens is 174 g/mol. The Balaban J connectivity index is 2.95. The van der Waals surface area contributed by atoms with Crippen LogP contribution in [0.3, 0.4) is 0 Å². The molecule has 2 nitrogen and oxygen atoms in total. The van der Waals surface area contributed by atoms with E-state index < -0.39 is 0 Å². The van der Waals surface area contributed by atoms with E-state index in [1.807, 2.05) is 30.3 Å². The second-order valence-electron chi connectivity index (χ2n) is 4.49. The largest absolute Gasteiger partial charge is 0.351 e. The molecule has 1 unspecified atom stereocenters. The van der Waals surface area contributed by atoms with Gasteiger partial charge in [0, 0.05) is 0 Å². The second-order valence-corrected chi connectivity index (χ2v) is 4.49. The molecule has 76 valence electrons. The molecule has 1 amide bonds. The first kappa shape index (κ1) is 10.8. The SMILES string of the molecule is CC(C)(C)C(NC=O)c1ccccc1. The van der Waals surface area contributed by atoms with Gasteiger partial charge in [0.25, 0.3) is 0 Å². The summed E-state index contributed by atoms with van der Waals surface area (Å²) in [6.45, 7) is 6.34. The Morgan fingerprint density at radius 1 is 1.21 bits per heavy atom. The van der Waals surface area contributed by atoms with Crippen LogP contribution in [0.15, 0.2) is 30.3 Å². The van der Waals surface area contributed by atoms with Crippen LogP contribution < -0.4 is 5.32 Å². The Morgan fingerprint density at radius 2 is 1.79 bits per heavy atom. The summed E-state index contributed by atoms with van der Waals surface area (Å²) in [6, 6.07) is 10.1. The van der Waals surface area contributed by atoms with Gasteiger partial charge in [-0.25, -0.2) is 0 Å². The van der Waals surface area contributed by atoms with Crippen molar-refractivity contribution in [3.05, 3.63) is 35.9 Å². The Morgan fingerprint density at radius 3 is 2.21 bits per heavy atom. The topological polar surface area (TPSA) is 29.1 Å². The Labute approximate surface area is 85.3 Å². The van der Waals surface area contributed by atoms with Gasteiger partial charge >= 0.3 is 0 Å². The summed E-state index contributed by atoms with van der Waals surface area (Å²) in [5.74, 6) is 0. The minimum absolute atomic E-state index is 0.0300. The summed E-state index contributed by atoms with van der Waals surface area (Å²) in [7, 11) is 0. The number of hydrogen-bond donors (Lipinski definition) is 1. The van der Waals surface area contributed by atoms with Gasteiger partial charge in [0.05, 0.1) is 6.04 Å². The van der Waals surface area contributed by atoms with Crippen molar-refractivity contribution in [3.63, 3.8) is 0 Å². The van der Waals surface area contributed by atoms with Gasteiger partial charge in [0.1, 0.15) is 0 Å². The first-order valence-corrected chi connectivity index (χ1v) is 4.80. The smallest absolute Gasteiger partial charge is 0.207 e. The molecule has 0 saturated heterocycles. The predicted octanol–water partition coefficient (Wildman–Crippen LogP) is 2.52. The molecule has 1 aromatic rings. The van der Waals surface area contributed by atoms with E-state index in [9.17, 15) is 4.79 Å². The van der Waals surface area contributed by atoms with E-state index >= 15 is 0 Å². The molecule has 0 heterocycles. The van der Waals surface area contributed by atoms with E-state index in [4.69, 9.17) is 0 Å². The zero-order valence-electron chi connectivity index (χ0n) is 8.95. The van der Waals surface area contributed by atoms with Crippen molar-refractivity contribution >= 4 is 6.41 Å². The monoisotopic (exact) mass is 191 g/mol. The van der Waals surface area contributed by atoms with Crippen LogP contribution >= 0.6 is 0 Å². The highest BCUT2D eigenvalue weighted by molar-refractivity contribution is 5.48. The van der Waals surface area contributed by atoms with Crippen LogP contribution in [0.1, 0.15) is 32.4 Å². The van der Waals surface area contributed by atoms with E-state index in [0.717, 1.165) is 12.0 Å². The zero-order chi connectivity index (χ0) is 10.6. The quantitative estimate of drug-likeness (QED) is 0.731. The van der Waals surface area contributed by atoms with Gasteiger partial charge < -0.3 is 5.32 Å². The highest BCUT2D eigenvalue weighted by Crippen LogP contribution is 2.31. The van der Waals surface area contributed by atoms with Gasteiger partial charge in [-0.2, -0.15) is 0 Å². The fraction of sp³-hybridized carbons (Fsp3) is 0.417. The van der Waals surface area contributed by atoms with Gasteiger partial charge in [-0.05, 0) is 11.0 Å². The van der Waals surface area contributed by atoms with E-state index in [-0.39, 0.29) is 11.5 Å². The number of benzene rings is 1. The first-order valence-electron chi connectivity index (χ1n) is 4.80. The third-order valence-electron chi connectivity index (χ3n) is 2.23. The van der Waals surface area contributed by atoms with Crippen molar-refractivity contribution in [1.29, 1.82) is 0 Å². The third kappa shape index (κ3) is 2.59. The number of amides is 1. The minimum Gasteiger partial charge on any atom is -0.351 e. The predicted molar refractivity (Wildman–Crippen MR) is 57.8 cm³/mol. The van der Waals surface area contributed by atoms with Crippen LogP contribution in [0.25, 0.3) is 0 Å². The molecule has 1 atom stereocenters. The van der Waals surface area contributed by atoms with Crippen LogP contribution in [0.5, 0.6) is 0 Å². The van der Waals surface area contributed by atoms with Crippen molar-refractivity contribution < 1.29 is 4.79 Å². The van der Waals surface area contributed by atoms with Crippen molar-refractivity contribution in [1.82, 2.24) is 5.32 Å². The Kier molecular flexibility index (Phi) is 3.28. The van der Waals surface area contributed by atoms with E-state index in [1.54, 1.807) is 0 Å². The van der Waals surface area contributed by atoms with Crippen molar-refractivity contribution in [2.45, 2.75) is 26.8 Å². The summed E-state index contributed by atoms with van der Waals surface area (Å²) < 4.78 is 0. The maximum atomic E-state index is 10.5. The molecule has 0 radical (unpaired) electrons. The molecule has 0 bridgehead atoms. The molecule has 0 saturated carbocycles. The molecule has 0 aliphatic heterocycles. The van der Waals surface area contributed by atoms with Gasteiger partial charge in [-0.3, -0.25) is 4.79 Å². The summed E-state index contributed by atoms with van der Waals surface area (Å²) in [6.07, 6.45) is 0.767. The summed E-state index contributed by atoms with van der Waals surface area (Å²) >= 11 is 0. The molecule has 1 N–H and O–H groups in total. The highest BCUT2D eigenvalue weighted by atomic mass is 16.1. The van der Waals surface area contributed by atoms with Crippen molar-refractivity contribution in [3.8, 4) is 0 Å². The number of hydrogen-bond acceptors (Lipinski definition) is 1. The third-order valence-corrected chi connectivity index (χ3v) is 2.23. The van der Waals surface area contributed by atoms with Crippen LogP contribution in [0, 0.1) is 5.41 Å². The van der Waals surface area contributed by atoms with Gasteiger partial charge in [-0.1, -0.05) is 51.1 Å². The first-order chi connectivity index (χ1) is 6.55. The van der Waals surface area contributed by atoms with Gasteiger partial charge in [0.2, 0.25) is 6.41 Å². The molecular formula is C12H17NO. The summed E-state index contributed by atoms with van der Waals surface area (Å²) in [5.41, 5.74) is 1.18. The fourth-order valence-electron chi connectivity index (χ4n) is 1.56. The Hall–Kier alpha value is -1.31. The van der Waals surface area contributed by atoms with E-state index in [0.29, 0.717) is 0 Å². The normalized spacial score (nSPS) is 13.4. The minimum atomic E-state index is 0.0300. The van der Waals surface area contributed by atoms with E-state index in [1.165, 1.54) is 0 Å². The lowest BCUT2D eigenvalue weighted by atomic mass is 9.82. The van der Waals surface area contributed by atoms with Crippen LogP contribution in [-0.2, 0) is 4.79 Å². The molecule has 0 aliphatic carbocycles. The maximum absolute atomic E-state index is 10.5. The zero-order valence-corrected chi connectivity index (χ0v) is 8.95. The standard InChI is InChI=1S/C12H17NO/c1-12(2,3)11(13-9-14)10-7-5-4-6-8-10/h4-9,11H,1-3H3,(H,13,14). The number of carbonyl (C=O) groups excluding carboxylic acids is 1. The molecule has 0 fully saturated rings. The molecule has 0 spiro atoms. The van der Waals surface area contributed by atoms with Crippen LogP contribution in [0.2, 0.25) is 0 Å². The average Bonchev–Trinajstić information content (AvgIpc) is 2.14. The number of nitrogens with one attached hydrogen (secondary N) is 1. The molecule has 0 aromatic heterocycles. The molecule has 1 aromatic carbocycles. The van der Waals surface area contributed by atoms with Crippen LogP contribution in [0.4, 0.5) is 0 Å². The highest BCUT2D eigenvalue weighted by Gasteiger charge is 2.25. The lowest BCUT2D eigenvalue weighted by Crippen LogP contribution is -2.31. The lowest BCUT2D eigenvalue weighted by Gasteiger charge is -2.30. The average molecular weight is 191 g/mol. The molecule has 2 heteroatoms. The fourth-order valence-corrected chi connectivity index (χ4v) is 1.56. The van der Waals surface area contributed by atoms with Gasteiger partial charge in [0.15, 0.2) is 0 Å².